The quantitative estimate of drug-likeness (QED) is 0.475. The molecule has 0 bridgehead atoms. The minimum absolute atomic E-state index is 0.0492. The molecule has 34 heavy (non-hydrogen) atoms. The van der Waals surface area contributed by atoms with E-state index in [-0.39, 0.29) is 17.9 Å². The fourth-order valence-corrected chi connectivity index (χ4v) is 4.57. The van der Waals surface area contributed by atoms with Crippen LogP contribution in [0.15, 0.2) is 72.8 Å². The summed E-state index contributed by atoms with van der Waals surface area (Å²) in [5.74, 6) is -0.248. The van der Waals surface area contributed by atoms with Crippen molar-refractivity contribution < 1.29 is 9.59 Å². The number of nitrogens with one attached hydrogen (secondary N) is 1. The number of fused-ring (bicyclic) bond motifs is 1. The first kappa shape index (κ1) is 23.8. The van der Waals surface area contributed by atoms with E-state index in [1.54, 1.807) is 36.4 Å². The molecule has 0 fully saturated rings. The third kappa shape index (κ3) is 4.93. The molecule has 0 radical (unpaired) electrons. The number of halogens is 1. The summed E-state index contributed by atoms with van der Waals surface area (Å²) in [6.07, 6.45) is 1.91. The van der Waals surface area contributed by atoms with Crippen molar-refractivity contribution >= 4 is 40.5 Å². The zero-order valence-corrected chi connectivity index (χ0v) is 20.4. The third-order valence-corrected chi connectivity index (χ3v) is 6.44. The number of hydrazine groups is 1. The van der Waals surface area contributed by atoms with Crippen LogP contribution >= 0.6 is 11.6 Å². The Hall–Kier alpha value is -3.35. The van der Waals surface area contributed by atoms with Gasteiger partial charge in [-0.1, -0.05) is 41.9 Å². The first-order chi connectivity index (χ1) is 16.4. The van der Waals surface area contributed by atoms with Crippen molar-refractivity contribution in [3.8, 4) is 0 Å². The molecule has 6 nitrogen and oxygen atoms in total. The van der Waals surface area contributed by atoms with Crippen LogP contribution in [0.4, 0.5) is 17.1 Å². The van der Waals surface area contributed by atoms with Crippen molar-refractivity contribution in [3.05, 3.63) is 88.9 Å². The number of hydrogen-bond donors (Lipinski definition) is 1. The van der Waals surface area contributed by atoms with Gasteiger partial charge in [-0.3, -0.25) is 15.0 Å². The molecule has 3 aromatic rings. The molecule has 2 amide bonds. The smallest absolute Gasteiger partial charge is 0.258 e. The number of rotatable bonds is 5. The highest BCUT2D eigenvalue weighted by atomic mass is 35.5. The number of benzene rings is 3. The second kappa shape index (κ2) is 10.3. The van der Waals surface area contributed by atoms with Crippen molar-refractivity contribution in [2.24, 2.45) is 0 Å². The fourth-order valence-electron chi connectivity index (χ4n) is 4.39. The topological polar surface area (TPSA) is 55.9 Å². The van der Waals surface area contributed by atoms with Crippen molar-refractivity contribution in [1.29, 1.82) is 0 Å². The molecule has 1 heterocycles. The lowest BCUT2D eigenvalue weighted by molar-refractivity contribution is -0.116. The molecular formula is C27H29ClN4O2. The van der Waals surface area contributed by atoms with Gasteiger partial charge < -0.3 is 9.80 Å². The van der Waals surface area contributed by atoms with Gasteiger partial charge in [0.2, 0.25) is 5.91 Å². The Labute approximate surface area is 205 Å². The number of amides is 2. The fraction of sp³-hybridized carbons (Fsp3) is 0.259. The minimum Gasteiger partial charge on any atom is -0.308 e. The lowest BCUT2D eigenvalue weighted by Crippen LogP contribution is -2.35. The van der Waals surface area contributed by atoms with Crippen LogP contribution in [0.5, 0.6) is 0 Å². The van der Waals surface area contributed by atoms with E-state index in [1.165, 1.54) is 17.5 Å². The van der Waals surface area contributed by atoms with E-state index in [1.807, 2.05) is 35.2 Å². The van der Waals surface area contributed by atoms with Crippen molar-refractivity contribution in [2.75, 3.05) is 36.0 Å². The van der Waals surface area contributed by atoms with Gasteiger partial charge in [-0.05, 0) is 75.0 Å². The maximum absolute atomic E-state index is 13.5. The van der Waals surface area contributed by atoms with Crippen molar-refractivity contribution in [3.63, 3.8) is 0 Å². The average molecular weight is 477 g/mol. The van der Waals surface area contributed by atoms with Crippen LogP contribution in [0, 0.1) is 0 Å². The summed E-state index contributed by atoms with van der Waals surface area (Å²) >= 11 is 6.24. The molecule has 3 aromatic carbocycles. The number of carbonyl (C=O) groups excluding carboxylic acids is 2. The summed E-state index contributed by atoms with van der Waals surface area (Å²) in [4.78, 5) is 30.0. The lowest BCUT2D eigenvalue weighted by atomic mass is 10.0. The zero-order chi connectivity index (χ0) is 24.2. The predicted octanol–water partition coefficient (Wildman–Crippen LogP) is 5.76. The van der Waals surface area contributed by atoms with Crippen molar-refractivity contribution in [2.45, 2.75) is 25.8 Å². The van der Waals surface area contributed by atoms with E-state index >= 15 is 0 Å². The van der Waals surface area contributed by atoms with E-state index in [4.69, 9.17) is 11.6 Å². The molecule has 0 aromatic heterocycles. The normalized spacial score (nSPS) is 15.4. The molecule has 0 spiro atoms. The van der Waals surface area contributed by atoms with Gasteiger partial charge in [-0.2, -0.15) is 0 Å². The summed E-state index contributed by atoms with van der Waals surface area (Å²) in [6, 6.07) is 22.7. The van der Waals surface area contributed by atoms with Gasteiger partial charge in [-0.25, -0.2) is 5.01 Å². The first-order valence-electron chi connectivity index (χ1n) is 11.4. The molecule has 4 rings (SSSR count). The van der Waals surface area contributed by atoms with E-state index in [9.17, 15) is 9.59 Å². The Bertz CT molecular complexity index is 1180. The Kier molecular flexibility index (Phi) is 7.20. The van der Waals surface area contributed by atoms with E-state index in [0.717, 1.165) is 18.5 Å². The molecule has 1 atom stereocenters. The highest BCUT2D eigenvalue weighted by Gasteiger charge is 2.28. The Morgan fingerprint density at radius 3 is 2.32 bits per heavy atom. The molecule has 0 saturated heterocycles. The zero-order valence-electron chi connectivity index (χ0n) is 19.7. The van der Waals surface area contributed by atoms with Crippen LogP contribution < -0.4 is 15.3 Å². The number of nitrogens with zero attached hydrogens (tertiary/aromatic N) is 3. The average Bonchev–Trinajstić information content (AvgIpc) is 3.03. The van der Waals surface area contributed by atoms with Gasteiger partial charge in [0, 0.05) is 30.8 Å². The molecule has 176 valence electrons. The van der Waals surface area contributed by atoms with Gasteiger partial charge in [0.05, 0.1) is 16.4 Å². The highest BCUT2D eigenvalue weighted by Crippen LogP contribution is 2.36. The summed E-state index contributed by atoms with van der Waals surface area (Å²) in [7, 11) is 4.16. The van der Waals surface area contributed by atoms with Crippen LogP contribution in [0.3, 0.4) is 0 Å². The Morgan fingerprint density at radius 1 is 0.971 bits per heavy atom. The Balaban J connectivity index is 1.59. The molecule has 7 heteroatoms. The molecule has 1 aliphatic rings. The molecule has 0 aliphatic carbocycles. The van der Waals surface area contributed by atoms with E-state index < -0.39 is 0 Å². The van der Waals surface area contributed by atoms with E-state index in [2.05, 4.69) is 30.5 Å². The predicted molar refractivity (Wildman–Crippen MR) is 138 cm³/mol. The Morgan fingerprint density at radius 2 is 1.65 bits per heavy atom. The van der Waals surface area contributed by atoms with E-state index in [0.29, 0.717) is 28.5 Å². The number of hydrogen-bond acceptors (Lipinski definition) is 4. The summed E-state index contributed by atoms with van der Waals surface area (Å²) in [5, 5.41) is 1.93. The SMILES string of the molecule is CC(=O)N(Nc1ccccc1Cl)c1ccc(C(=O)N2CCCC(N(C)C)c3ccccc32)cc1. The van der Waals surface area contributed by atoms with Crippen LogP contribution in [-0.2, 0) is 4.79 Å². The summed E-state index contributed by atoms with van der Waals surface area (Å²) in [5.41, 5.74) is 7.00. The summed E-state index contributed by atoms with van der Waals surface area (Å²) < 4.78 is 0. The van der Waals surface area contributed by atoms with Crippen LogP contribution in [0.2, 0.25) is 5.02 Å². The molecule has 1 aliphatic heterocycles. The standard InChI is InChI=1S/C27H29ClN4O2/c1-19(33)32(29-24-11-6-5-10-23(24)28)21-16-14-20(15-17-21)27(34)31-18-8-13-25(30(2)3)22-9-4-7-12-26(22)31/h4-7,9-12,14-17,25,29H,8,13,18H2,1-3H3. The number of carbonyl (C=O) groups is 2. The van der Waals surface area contributed by atoms with Gasteiger partial charge in [0.1, 0.15) is 0 Å². The largest absolute Gasteiger partial charge is 0.308 e. The monoisotopic (exact) mass is 476 g/mol. The lowest BCUT2D eigenvalue weighted by Gasteiger charge is -2.27. The second-order valence-electron chi connectivity index (χ2n) is 8.63. The minimum atomic E-state index is -0.199. The highest BCUT2D eigenvalue weighted by molar-refractivity contribution is 6.33. The summed E-state index contributed by atoms with van der Waals surface area (Å²) in [6.45, 7) is 2.13. The number of para-hydroxylation sites is 2. The molecule has 1 unspecified atom stereocenters. The van der Waals surface area contributed by atoms with Gasteiger partial charge in [0.25, 0.3) is 5.91 Å². The van der Waals surface area contributed by atoms with Crippen LogP contribution in [-0.4, -0.2) is 37.4 Å². The maximum Gasteiger partial charge on any atom is 0.258 e. The van der Waals surface area contributed by atoms with Gasteiger partial charge >= 0.3 is 0 Å². The molecular weight excluding hydrogens is 448 g/mol. The number of anilines is 3. The first-order valence-corrected chi connectivity index (χ1v) is 11.7. The van der Waals surface area contributed by atoms with Crippen LogP contribution in [0.25, 0.3) is 0 Å². The second-order valence-corrected chi connectivity index (χ2v) is 9.04. The van der Waals surface area contributed by atoms with Gasteiger partial charge in [-0.15, -0.1) is 0 Å². The third-order valence-electron chi connectivity index (χ3n) is 6.11. The van der Waals surface area contributed by atoms with Crippen molar-refractivity contribution in [1.82, 2.24) is 4.90 Å². The molecule has 0 saturated carbocycles. The van der Waals surface area contributed by atoms with Crippen LogP contribution in [0.1, 0.15) is 41.7 Å². The molecule has 1 N–H and O–H groups in total. The van der Waals surface area contributed by atoms with Gasteiger partial charge in [0.15, 0.2) is 0 Å². The maximum atomic E-state index is 13.5.